The number of ether oxygens (including phenoxy) is 4. The van der Waals surface area contributed by atoms with Crippen LogP contribution in [0.5, 0.6) is 17.2 Å². The van der Waals surface area contributed by atoms with Crippen molar-refractivity contribution >= 4 is 17.5 Å². The summed E-state index contributed by atoms with van der Waals surface area (Å²) >= 11 is 0. The quantitative estimate of drug-likeness (QED) is 0.817. The van der Waals surface area contributed by atoms with E-state index in [9.17, 15) is 4.79 Å². The minimum Gasteiger partial charge on any atom is -0.493 e. The molecule has 0 bridgehead atoms. The van der Waals surface area contributed by atoms with Gasteiger partial charge in [0.05, 0.1) is 34.5 Å². The molecule has 0 saturated carbocycles. The summed E-state index contributed by atoms with van der Waals surface area (Å²) in [5.74, 6) is 1.64. The normalized spacial score (nSPS) is 13.8. The Bertz CT molecular complexity index is 783. The van der Waals surface area contributed by atoms with Crippen LogP contribution >= 0.6 is 0 Å². The molecule has 2 heterocycles. The van der Waals surface area contributed by atoms with Crippen molar-refractivity contribution in [1.29, 1.82) is 0 Å². The van der Waals surface area contributed by atoms with E-state index in [4.69, 9.17) is 18.9 Å². The molecule has 0 aliphatic carbocycles. The minimum absolute atomic E-state index is 0.145. The lowest BCUT2D eigenvalue weighted by Crippen LogP contribution is -2.41. The summed E-state index contributed by atoms with van der Waals surface area (Å²) < 4.78 is 21.3. The van der Waals surface area contributed by atoms with E-state index in [0.29, 0.717) is 60.9 Å². The molecule has 0 spiro atoms. The molecule has 0 atom stereocenters. The van der Waals surface area contributed by atoms with E-state index in [0.717, 1.165) is 0 Å². The van der Waals surface area contributed by atoms with Gasteiger partial charge in [0.25, 0.3) is 5.91 Å². The van der Waals surface area contributed by atoms with Crippen LogP contribution in [0.4, 0.5) is 11.6 Å². The van der Waals surface area contributed by atoms with Gasteiger partial charge in [0, 0.05) is 37.1 Å². The van der Waals surface area contributed by atoms with E-state index in [1.807, 2.05) is 0 Å². The number of carbonyl (C=O) groups is 1. The largest absolute Gasteiger partial charge is 0.493 e. The van der Waals surface area contributed by atoms with E-state index in [1.54, 1.807) is 43.5 Å². The Hall–Kier alpha value is -3.07. The van der Waals surface area contributed by atoms with Crippen LogP contribution in [0.15, 0.2) is 24.4 Å². The highest BCUT2D eigenvalue weighted by Gasteiger charge is 2.20. The third kappa shape index (κ3) is 4.20. The lowest BCUT2D eigenvalue weighted by molar-refractivity contribution is 0.0299. The number of hydrogen-bond acceptors (Lipinski definition) is 8. The van der Waals surface area contributed by atoms with Crippen LogP contribution in [-0.4, -0.2) is 68.4 Å². The Morgan fingerprint density at radius 1 is 1.11 bits per heavy atom. The van der Waals surface area contributed by atoms with E-state index in [2.05, 4.69) is 15.3 Å². The lowest BCUT2D eigenvalue weighted by Gasteiger charge is -2.26. The fourth-order valence-corrected chi connectivity index (χ4v) is 2.75. The van der Waals surface area contributed by atoms with Gasteiger partial charge in [0.2, 0.25) is 11.7 Å². The Labute approximate surface area is 157 Å². The van der Waals surface area contributed by atoms with Crippen LogP contribution in [-0.2, 0) is 4.74 Å². The predicted octanol–water partition coefficient (Wildman–Crippen LogP) is 1.72. The topological polar surface area (TPSA) is 95.0 Å². The Morgan fingerprint density at radius 3 is 2.37 bits per heavy atom. The van der Waals surface area contributed by atoms with Gasteiger partial charge in [-0.15, -0.1) is 0 Å². The second kappa shape index (κ2) is 8.54. The van der Waals surface area contributed by atoms with Crippen LogP contribution < -0.4 is 19.5 Å². The highest BCUT2D eigenvalue weighted by molar-refractivity contribution is 5.92. The predicted molar refractivity (Wildman–Crippen MR) is 98.1 cm³/mol. The van der Waals surface area contributed by atoms with Crippen molar-refractivity contribution < 1.29 is 23.7 Å². The van der Waals surface area contributed by atoms with Gasteiger partial charge in [-0.05, 0) is 6.07 Å². The first-order valence-corrected chi connectivity index (χ1v) is 8.43. The summed E-state index contributed by atoms with van der Waals surface area (Å²) in [4.78, 5) is 22.8. The zero-order valence-corrected chi connectivity index (χ0v) is 15.5. The number of anilines is 2. The molecular formula is C18H22N4O5. The number of hydrogen-bond donors (Lipinski definition) is 1. The molecule has 1 amide bonds. The first-order valence-electron chi connectivity index (χ1n) is 8.43. The van der Waals surface area contributed by atoms with Crippen molar-refractivity contribution in [3.63, 3.8) is 0 Å². The molecule has 0 radical (unpaired) electrons. The molecule has 9 nitrogen and oxygen atoms in total. The number of benzene rings is 1. The van der Waals surface area contributed by atoms with Gasteiger partial charge >= 0.3 is 0 Å². The molecule has 1 saturated heterocycles. The monoisotopic (exact) mass is 374 g/mol. The van der Waals surface area contributed by atoms with Crippen LogP contribution in [0.3, 0.4) is 0 Å². The van der Waals surface area contributed by atoms with Crippen molar-refractivity contribution in [1.82, 2.24) is 14.9 Å². The number of carbonyl (C=O) groups excluding carboxylic acids is 1. The molecular weight excluding hydrogens is 352 g/mol. The Balaban J connectivity index is 1.83. The molecule has 1 aliphatic rings. The van der Waals surface area contributed by atoms with Gasteiger partial charge in [-0.1, -0.05) is 0 Å². The summed E-state index contributed by atoms with van der Waals surface area (Å²) in [5, 5.41) is 3.07. The average Bonchev–Trinajstić information content (AvgIpc) is 2.73. The number of rotatable bonds is 6. The SMILES string of the molecule is COc1cc(Nc2nccc(C(=O)N3CCOCC3)n2)cc(OC)c1OC. The highest BCUT2D eigenvalue weighted by Crippen LogP contribution is 2.40. The van der Waals surface area contributed by atoms with Gasteiger partial charge in [0.15, 0.2) is 11.5 Å². The second-order valence-corrected chi connectivity index (χ2v) is 5.71. The summed E-state index contributed by atoms with van der Waals surface area (Å²) in [6, 6.07) is 5.07. The van der Waals surface area contributed by atoms with Gasteiger partial charge in [-0.25, -0.2) is 9.97 Å². The molecule has 3 rings (SSSR count). The standard InChI is InChI=1S/C18H22N4O5/c1-24-14-10-12(11-15(25-2)16(14)26-3)20-18-19-5-4-13(21-18)17(23)22-6-8-27-9-7-22/h4-5,10-11H,6-9H2,1-3H3,(H,19,20,21). The maximum atomic E-state index is 12.6. The molecule has 0 unspecified atom stereocenters. The zero-order valence-electron chi connectivity index (χ0n) is 15.5. The molecule has 1 aromatic carbocycles. The molecule has 9 heteroatoms. The van der Waals surface area contributed by atoms with Crippen LogP contribution in [0.2, 0.25) is 0 Å². The van der Waals surface area contributed by atoms with Gasteiger partial charge < -0.3 is 29.2 Å². The number of aromatic nitrogens is 2. The molecule has 27 heavy (non-hydrogen) atoms. The van der Waals surface area contributed by atoms with Crippen molar-refractivity contribution in [3.05, 3.63) is 30.1 Å². The molecule has 2 aromatic rings. The van der Waals surface area contributed by atoms with Gasteiger partial charge in [-0.2, -0.15) is 0 Å². The summed E-state index contributed by atoms with van der Waals surface area (Å²) in [6.07, 6.45) is 1.54. The maximum absolute atomic E-state index is 12.6. The van der Waals surface area contributed by atoms with Crippen molar-refractivity contribution in [2.24, 2.45) is 0 Å². The molecule has 1 fully saturated rings. The van der Waals surface area contributed by atoms with E-state index < -0.39 is 0 Å². The lowest BCUT2D eigenvalue weighted by atomic mass is 10.2. The number of nitrogens with one attached hydrogen (secondary N) is 1. The second-order valence-electron chi connectivity index (χ2n) is 5.71. The van der Waals surface area contributed by atoms with Crippen LogP contribution in [0.1, 0.15) is 10.5 Å². The number of methoxy groups -OCH3 is 3. The van der Waals surface area contributed by atoms with Crippen molar-refractivity contribution in [2.75, 3.05) is 52.9 Å². The summed E-state index contributed by atoms with van der Waals surface area (Å²) in [7, 11) is 4.62. The number of morpholine rings is 1. The zero-order chi connectivity index (χ0) is 19.2. The molecule has 1 aliphatic heterocycles. The molecule has 1 aromatic heterocycles. The van der Waals surface area contributed by atoms with E-state index >= 15 is 0 Å². The minimum atomic E-state index is -0.145. The first kappa shape index (κ1) is 18.7. The summed E-state index contributed by atoms with van der Waals surface area (Å²) in [6.45, 7) is 2.18. The van der Waals surface area contributed by atoms with Crippen molar-refractivity contribution in [2.45, 2.75) is 0 Å². The number of amides is 1. The smallest absolute Gasteiger partial charge is 0.272 e. The van der Waals surface area contributed by atoms with Gasteiger partial charge in [-0.3, -0.25) is 4.79 Å². The van der Waals surface area contributed by atoms with Crippen LogP contribution in [0, 0.1) is 0 Å². The Kier molecular flexibility index (Phi) is 5.92. The fourth-order valence-electron chi connectivity index (χ4n) is 2.75. The number of nitrogens with zero attached hydrogens (tertiary/aromatic N) is 3. The molecule has 144 valence electrons. The van der Waals surface area contributed by atoms with Gasteiger partial charge in [0.1, 0.15) is 5.69 Å². The first-order chi connectivity index (χ1) is 13.2. The molecule has 1 N–H and O–H groups in total. The highest BCUT2D eigenvalue weighted by atomic mass is 16.5. The maximum Gasteiger partial charge on any atom is 0.272 e. The van der Waals surface area contributed by atoms with Crippen molar-refractivity contribution in [3.8, 4) is 17.2 Å². The average molecular weight is 374 g/mol. The fraction of sp³-hybridized carbons (Fsp3) is 0.389. The Morgan fingerprint density at radius 2 is 1.78 bits per heavy atom. The third-order valence-electron chi connectivity index (χ3n) is 4.09. The van der Waals surface area contributed by atoms with E-state index in [-0.39, 0.29) is 5.91 Å². The third-order valence-corrected chi connectivity index (χ3v) is 4.09. The van der Waals surface area contributed by atoms with Crippen LogP contribution in [0.25, 0.3) is 0 Å². The summed E-state index contributed by atoms with van der Waals surface area (Å²) in [5.41, 5.74) is 0.960. The van der Waals surface area contributed by atoms with E-state index in [1.165, 1.54) is 7.11 Å².